The fraction of sp³-hybridized carbons (Fsp3) is 0.222. The minimum atomic E-state index is 0.790. The Bertz CT molecular complexity index is 757. The molecular weight excluding hydrogens is 260 g/mol. The molecule has 0 bridgehead atoms. The molecule has 0 saturated carbocycles. The van der Waals surface area contributed by atoms with E-state index in [1.807, 2.05) is 18.2 Å². The smallest absolute Gasteiger partial charge is 0.120 e. The molecule has 0 atom stereocenters. The molecular formula is C18H20N2O. The molecule has 108 valence electrons. The van der Waals surface area contributed by atoms with Crippen LogP contribution in [0.5, 0.6) is 5.75 Å². The maximum atomic E-state index is 5.79. The van der Waals surface area contributed by atoms with Gasteiger partial charge in [0.1, 0.15) is 5.75 Å². The standard InChI is InChI=1S/C18H20N2O/c1-3-10-20-17(13-4-7-15(19)8-5-13)11-14-6-9-16(21-2)12-18(14)20/h4-9,11-12H,3,10,19H2,1-2H3. The number of ether oxygens (including phenoxy) is 1. The second-order valence-electron chi connectivity index (χ2n) is 5.23. The quantitative estimate of drug-likeness (QED) is 0.723. The van der Waals surface area contributed by atoms with Crippen molar-refractivity contribution in [1.29, 1.82) is 0 Å². The van der Waals surface area contributed by atoms with Crippen molar-refractivity contribution in [3.63, 3.8) is 0 Å². The molecule has 0 spiro atoms. The van der Waals surface area contributed by atoms with Crippen LogP contribution in [0, 0.1) is 0 Å². The molecule has 2 N–H and O–H groups in total. The van der Waals surface area contributed by atoms with E-state index in [0.29, 0.717) is 0 Å². The number of rotatable bonds is 4. The van der Waals surface area contributed by atoms with Gasteiger partial charge in [0.15, 0.2) is 0 Å². The highest BCUT2D eigenvalue weighted by atomic mass is 16.5. The summed E-state index contributed by atoms with van der Waals surface area (Å²) < 4.78 is 7.71. The number of anilines is 1. The number of benzene rings is 2. The normalized spacial score (nSPS) is 11.0. The fourth-order valence-electron chi connectivity index (χ4n) is 2.72. The lowest BCUT2D eigenvalue weighted by atomic mass is 10.1. The van der Waals surface area contributed by atoms with Gasteiger partial charge in [0.2, 0.25) is 0 Å². The number of aromatic nitrogens is 1. The predicted octanol–water partition coefficient (Wildman–Crippen LogP) is 4.31. The van der Waals surface area contributed by atoms with Gasteiger partial charge < -0.3 is 15.0 Å². The minimum absolute atomic E-state index is 0.790. The summed E-state index contributed by atoms with van der Waals surface area (Å²) in [5, 5.41) is 1.23. The third-order valence-electron chi connectivity index (χ3n) is 3.77. The minimum Gasteiger partial charge on any atom is -0.497 e. The number of aryl methyl sites for hydroxylation is 1. The first kappa shape index (κ1) is 13.6. The van der Waals surface area contributed by atoms with Gasteiger partial charge in [0.25, 0.3) is 0 Å². The van der Waals surface area contributed by atoms with Crippen molar-refractivity contribution in [1.82, 2.24) is 4.57 Å². The van der Waals surface area contributed by atoms with E-state index in [2.05, 4.69) is 41.8 Å². The third kappa shape index (κ3) is 2.47. The van der Waals surface area contributed by atoms with Crippen LogP contribution in [0.15, 0.2) is 48.5 Å². The van der Waals surface area contributed by atoms with Crippen molar-refractivity contribution < 1.29 is 4.74 Å². The molecule has 3 nitrogen and oxygen atoms in total. The second-order valence-corrected chi connectivity index (χ2v) is 5.23. The summed E-state index contributed by atoms with van der Waals surface area (Å²) in [6, 6.07) is 16.5. The summed E-state index contributed by atoms with van der Waals surface area (Å²) in [7, 11) is 1.70. The molecule has 3 rings (SSSR count). The van der Waals surface area contributed by atoms with Crippen molar-refractivity contribution in [3.8, 4) is 17.0 Å². The van der Waals surface area contributed by atoms with Gasteiger partial charge in [0.05, 0.1) is 12.6 Å². The van der Waals surface area contributed by atoms with Crippen LogP contribution in [-0.4, -0.2) is 11.7 Å². The Kier molecular flexibility index (Phi) is 3.57. The van der Waals surface area contributed by atoms with E-state index in [9.17, 15) is 0 Å². The van der Waals surface area contributed by atoms with Crippen LogP contribution in [0.2, 0.25) is 0 Å². The van der Waals surface area contributed by atoms with E-state index in [1.54, 1.807) is 7.11 Å². The van der Waals surface area contributed by atoms with Crippen molar-refractivity contribution in [2.75, 3.05) is 12.8 Å². The molecule has 1 heterocycles. The predicted molar refractivity (Wildman–Crippen MR) is 88.6 cm³/mol. The second kappa shape index (κ2) is 5.52. The zero-order valence-corrected chi connectivity index (χ0v) is 12.5. The highest BCUT2D eigenvalue weighted by molar-refractivity contribution is 5.88. The van der Waals surface area contributed by atoms with Crippen LogP contribution in [-0.2, 0) is 6.54 Å². The fourth-order valence-corrected chi connectivity index (χ4v) is 2.72. The van der Waals surface area contributed by atoms with Gasteiger partial charge >= 0.3 is 0 Å². The third-order valence-corrected chi connectivity index (χ3v) is 3.77. The Balaban J connectivity index is 2.21. The number of nitrogen functional groups attached to an aromatic ring is 1. The summed E-state index contributed by atoms with van der Waals surface area (Å²) in [5.41, 5.74) is 10.2. The zero-order valence-electron chi connectivity index (χ0n) is 12.5. The van der Waals surface area contributed by atoms with Gasteiger partial charge in [-0.15, -0.1) is 0 Å². The molecule has 0 fully saturated rings. The zero-order chi connectivity index (χ0) is 14.8. The van der Waals surface area contributed by atoms with Gasteiger partial charge in [-0.2, -0.15) is 0 Å². The van der Waals surface area contributed by atoms with Crippen LogP contribution < -0.4 is 10.5 Å². The molecule has 2 aromatic carbocycles. The monoisotopic (exact) mass is 280 g/mol. The topological polar surface area (TPSA) is 40.2 Å². The van der Waals surface area contributed by atoms with Gasteiger partial charge in [-0.25, -0.2) is 0 Å². The first-order chi connectivity index (χ1) is 10.2. The molecule has 0 aliphatic carbocycles. The molecule has 0 amide bonds. The largest absolute Gasteiger partial charge is 0.497 e. The van der Waals surface area contributed by atoms with Crippen LogP contribution in [0.1, 0.15) is 13.3 Å². The average Bonchev–Trinajstić information content (AvgIpc) is 2.86. The Morgan fingerprint density at radius 3 is 2.48 bits per heavy atom. The highest BCUT2D eigenvalue weighted by Crippen LogP contribution is 2.31. The molecule has 21 heavy (non-hydrogen) atoms. The van der Waals surface area contributed by atoms with E-state index in [-0.39, 0.29) is 0 Å². The van der Waals surface area contributed by atoms with Crippen LogP contribution in [0.25, 0.3) is 22.2 Å². The lowest BCUT2D eigenvalue weighted by Gasteiger charge is -2.10. The number of nitrogens with two attached hydrogens (primary N) is 1. The first-order valence-corrected chi connectivity index (χ1v) is 7.26. The van der Waals surface area contributed by atoms with Crippen LogP contribution in [0.4, 0.5) is 5.69 Å². The van der Waals surface area contributed by atoms with Crippen LogP contribution >= 0.6 is 0 Å². The van der Waals surface area contributed by atoms with E-state index in [0.717, 1.165) is 24.4 Å². The molecule has 3 aromatic rings. The number of hydrogen-bond donors (Lipinski definition) is 1. The molecule has 0 radical (unpaired) electrons. The van der Waals surface area contributed by atoms with Crippen molar-refractivity contribution in [2.45, 2.75) is 19.9 Å². The number of fused-ring (bicyclic) bond motifs is 1. The lowest BCUT2D eigenvalue weighted by molar-refractivity contribution is 0.415. The SMILES string of the molecule is CCCn1c(-c2ccc(N)cc2)cc2ccc(OC)cc21. The molecule has 1 aromatic heterocycles. The Hall–Kier alpha value is -2.42. The first-order valence-electron chi connectivity index (χ1n) is 7.26. The molecule has 0 aliphatic heterocycles. The van der Waals surface area contributed by atoms with E-state index < -0.39 is 0 Å². The number of nitrogens with zero attached hydrogens (tertiary/aromatic N) is 1. The average molecular weight is 280 g/mol. The maximum Gasteiger partial charge on any atom is 0.120 e. The maximum absolute atomic E-state index is 5.79. The van der Waals surface area contributed by atoms with Gasteiger partial charge in [-0.1, -0.05) is 19.1 Å². The van der Waals surface area contributed by atoms with Gasteiger partial charge in [0, 0.05) is 29.4 Å². The Morgan fingerprint density at radius 1 is 1.05 bits per heavy atom. The highest BCUT2D eigenvalue weighted by Gasteiger charge is 2.11. The van der Waals surface area contributed by atoms with Crippen molar-refractivity contribution >= 4 is 16.6 Å². The summed E-state index contributed by atoms with van der Waals surface area (Å²) in [5.74, 6) is 0.891. The van der Waals surface area contributed by atoms with E-state index in [4.69, 9.17) is 10.5 Å². The molecule has 0 unspecified atom stereocenters. The number of hydrogen-bond acceptors (Lipinski definition) is 2. The summed E-state index contributed by atoms with van der Waals surface area (Å²) in [4.78, 5) is 0. The molecule has 3 heteroatoms. The van der Waals surface area contributed by atoms with E-state index >= 15 is 0 Å². The van der Waals surface area contributed by atoms with Crippen molar-refractivity contribution in [3.05, 3.63) is 48.5 Å². The Morgan fingerprint density at radius 2 is 1.81 bits per heavy atom. The molecule has 0 saturated heterocycles. The number of methoxy groups -OCH3 is 1. The van der Waals surface area contributed by atoms with Gasteiger partial charge in [-0.3, -0.25) is 0 Å². The molecule has 0 aliphatic rings. The van der Waals surface area contributed by atoms with Gasteiger partial charge in [-0.05, 0) is 42.3 Å². The summed E-state index contributed by atoms with van der Waals surface area (Å²) in [6.45, 7) is 3.18. The summed E-state index contributed by atoms with van der Waals surface area (Å²) in [6.07, 6.45) is 1.09. The lowest BCUT2D eigenvalue weighted by Crippen LogP contribution is -1.99. The van der Waals surface area contributed by atoms with E-state index in [1.165, 1.54) is 22.2 Å². The van der Waals surface area contributed by atoms with Crippen molar-refractivity contribution in [2.24, 2.45) is 0 Å². The summed E-state index contributed by atoms with van der Waals surface area (Å²) >= 11 is 0. The Labute approximate surface area is 125 Å². The van der Waals surface area contributed by atoms with Crippen LogP contribution in [0.3, 0.4) is 0 Å².